The van der Waals surface area contributed by atoms with Gasteiger partial charge in [0.1, 0.15) is 21.9 Å². The Kier molecular flexibility index (Phi) is 12.2. The Bertz CT molecular complexity index is 1060. The molecular formula is C29H42N6O3S. The Hall–Kier alpha value is -3.03. The highest BCUT2D eigenvalue weighted by Gasteiger charge is 2.39. The van der Waals surface area contributed by atoms with Gasteiger partial charge in [0.15, 0.2) is 0 Å². The molecule has 39 heavy (non-hydrogen) atoms. The first-order chi connectivity index (χ1) is 18.9. The van der Waals surface area contributed by atoms with Crippen molar-refractivity contribution >= 4 is 35.2 Å². The number of nitriles is 1. The molecular weight excluding hydrogens is 512 g/mol. The van der Waals surface area contributed by atoms with Crippen molar-refractivity contribution in [2.45, 2.75) is 58.1 Å². The summed E-state index contributed by atoms with van der Waals surface area (Å²) in [6.45, 7) is 11.0. The fraction of sp³-hybridized carbons (Fsp3) is 0.586. The van der Waals surface area contributed by atoms with Crippen LogP contribution in [0.3, 0.4) is 0 Å². The van der Waals surface area contributed by atoms with Crippen LogP contribution in [0.15, 0.2) is 34.9 Å². The molecule has 0 radical (unpaired) electrons. The van der Waals surface area contributed by atoms with Crippen LogP contribution in [0, 0.1) is 17.2 Å². The van der Waals surface area contributed by atoms with Gasteiger partial charge in [0.05, 0.1) is 0 Å². The molecule has 0 aromatic heterocycles. The maximum Gasteiger partial charge on any atom is 0.264 e. The molecule has 212 valence electrons. The molecule has 1 atom stereocenters. The zero-order valence-electron chi connectivity index (χ0n) is 23.4. The minimum absolute atomic E-state index is 0.00994. The van der Waals surface area contributed by atoms with Crippen LogP contribution >= 0.6 is 11.8 Å². The highest BCUT2D eigenvalue weighted by Crippen LogP contribution is 2.37. The summed E-state index contributed by atoms with van der Waals surface area (Å²) in [5, 5.41) is 18.9. The van der Waals surface area contributed by atoms with Gasteiger partial charge in [-0.2, -0.15) is 5.26 Å². The van der Waals surface area contributed by atoms with Gasteiger partial charge in [-0.25, -0.2) is 0 Å². The van der Waals surface area contributed by atoms with Gasteiger partial charge in [0.2, 0.25) is 5.91 Å². The van der Waals surface area contributed by atoms with E-state index in [1.165, 1.54) is 18.2 Å². The molecule has 1 unspecified atom stereocenters. The molecule has 1 saturated carbocycles. The molecule has 3 amide bonds. The number of hydrogen-bond donors (Lipinski definition) is 3. The van der Waals surface area contributed by atoms with E-state index >= 15 is 0 Å². The van der Waals surface area contributed by atoms with Gasteiger partial charge >= 0.3 is 0 Å². The first-order valence-corrected chi connectivity index (χ1v) is 15.0. The summed E-state index contributed by atoms with van der Waals surface area (Å²) in [7, 11) is 0. The average molecular weight is 555 g/mol. The number of likely N-dealkylation sites (N-methyl/N-ethyl adjacent to an activating group) is 1. The van der Waals surface area contributed by atoms with Crippen LogP contribution in [0.25, 0.3) is 0 Å². The van der Waals surface area contributed by atoms with Crippen molar-refractivity contribution in [3.8, 4) is 6.07 Å². The van der Waals surface area contributed by atoms with Crippen molar-refractivity contribution < 1.29 is 14.4 Å². The van der Waals surface area contributed by atoms with Gasteiger partial charge in [-0.05, 0) is 69.0 Å². The maximum atomic E-state index is 13.2. The Labute approximate surface area is 236 Å². The SMILES string of the molecule is CCCN(CC)CCNC(=O)c1ccc(NCC2S/C(=C(/C#N)C(=O)NCC3CCC3)N(CCC)C2=O)cc1. The van der Waals surface area contributed by atoms with Crippen LogP contribution in [-0.2, 0) is 9.59 Å². The topological polar surface area (TPSA) is 118 Å². The van der Waals surface area contributed by atoms with E-state index in [9.17, 15) is 19.6 Å². The summed E-state index contributed by atoms with van der Waals surface area (Å²) in [6.07, 6.45) is 5.19. The smallest absolute Gasteiger partial charge is 0.264 e. The molecule has 3 N–H and O–H groups in total. The molecule has 1 aliphatic carbocycles. The van der Waals surface area contributed by atoms with E-state index in [4.69, 9.17) is 0 Å². The number of nitrogens with one attached hydrogen (secondary N) is 3. The second-order valence-corrected chi connectivity index (χ2v) is 11.2. The monoisotopic (exact) mass is 554 g/mol. The third-order valence-corrected chi connectivity index (χ3v) is 8.46. The minimum atomic E-state index is -0.457. The van der Waals surface area contributed by atoms with E-state index in [1.54, 1.807) is 17.0 Å². The van der Waals surface area contributed by atoms with Gasteiger partial charge < -0.3 is 25.8 Å². The van der Waals surface area contributed by atoms with E-state index < -0.39 is 11.2 Å². The fourth-order valence-corrected chi connectivity index (χ4v) is 5.85. The van der Waals surface area contributed by atoms with Crippen LogP contribution in [0.1, 0.15) is 63.2 Å². The van der Waals surface area contributed by atoms with E-state index in [0.717, 1.165) is 51.0 Å². The Morgan fingerprint density at radius 1 is 1.08 bits per heavy atom. The summed E-state index contributed by atoms with van der Waals surface area (Å²) in [4.78, 5) is 42.4. The quantitative estimate of drug-likeness (QED) is 0.224. The predicted octanol–water partition coefficient (Wildman–Crippen LogP) is 3.57. The number of carbonyl (C=O) groups excluding carboxylic acids is 3. The number of carbonyl (C=O) groups is 3. The summed E-state index contributed by atoms with van der Waals surface area (Å²) >= 11 is 1.27. The second kappa shape index (κ2) is 15.5. The summed E-state index contributed by atoms with van der Waals surface area (Å²) in [5.41, 5.74) is 1.38. The highest BCUT2D eigenvalue weighted by atomic mass is 32.2. The first-order valence-electron chi connectivity index (χ1n) is 14.2. The van der Waals surface area contributed by atoms with Crippen molar-refractivity contribution in [3.05, 3.63) is 40.4 Å². The molecule has 1 aromatic rings. The fourth-order valence-electron chi connectivity index (χ4n) is 4.62. The molecule has 2 fully saturated rings. The normalized spacial score (nSPS) is 18.5. The maximum absolute atomic E-state index is 13.2. The molecule has 10 heteroatoms. The van der Waals surface area contributed by atoms with Crippen molar-refractivity contribution in [2.24, 2.45) is 5.92 Å². The van der Waals surface area contributed by atoms with E-state index in [-0.39, 0.29) is 17.4 Å². The van der Waals surface area contributed by atoms with E-state index in [2.05, 4.69) is 34.7 Å². The molecule has 3 rings (SSSR count). The zero-order valence-corrected chi connectivity index (χ0v) is 24.2. The zero-order chi connectivity index (χ0) is 28.2. The van der Waals surface area contributed by atoms with Crippen LogP contribution in [-0.4, -0.2) is 78.6 Å². The number of benzene rings is 1. The number of rotatable bonds is 15. The van der Waals surface area contributed by atoms with Crippen molar-refractivity contribution in [1.29, 1.82) is 5.26 Å². The molecule has 1 saturated heterocycles. The van der Waals surface area contributed by atoms with Gasteiger partial charge in [0.25, 0.3) is 11.8 Å². The molecule has 1 aromatic carbocycles. The lowest BCUT2D eigenvalue weighted by Gasteiger charge is -2.25. The van der Waals surface area contributed by atoms with Crippen LogP contribution in [0.5, 0.6) is 0 Å². The number of hydrogen-bond acceptors (Lipinski definition) is 7. The first kappa shape index (κ1) is 30.5. The number of nitrogens with zero attached hydrogens (tertiary/aromatic N) is 3. The van der Waals surface area contributed by atoms with Gasteiger partial charge in [-0.15, -0.1) is 0 Å². The lowest BCUT2D eigenvalue weighted by atomic mass is 9.85. The van der Waals surface area contributed by atoms with Crippen molar-refractivity contribution in [2.75, 3.05) is 51.1 Å². The van der Waals surface area contributed by atoms with Crippen LogP contribution in [0.4, 0.5) is 5.69 Å². The Balaban J connectivity index is 1.56. The third-order valence-electron chi connectivity index (χ3n) is 7.16. The Morgan fingerprint density at radius 3 is 2.41 bits per heavy atom. The number of thioether (sulfide) groups is 1. The number of anilines is 1. The van der Waals surface area contributed by atoms with Crippen LogP contribution in [0.2, 0.25) is 0 Å². The molecule has 1 aliphatic heterocycles. The average Bonchev–Trinajstić information content (AvgIpc) is 3.21. The second-order valence-electron chi connectivity index (χ2n) is 10.0. The predicted molar refractivity (Wildman–Crippen MR) is 156 cm³/mol. The number of amides is 3. The van der Waals surface area contributed by atoms with Crippen molar-refractivity contribution in [1.82, 2.24) is 20.4 Å². The third kappa shape index (κ3) is 8.48. The molecule has 9 nitrogen and oxygen atoms in total. The summed E-state index contributed by atoms with van der Waals surface area (Å²) in [5.74, 6) is -0.143. The highest BCUT2D eigenvalue weighted by molar-refractivity contribution is 8.04. The Morgan fingerprint density at radius 2 is 1.82 bits per heavy atom. The standard InChI is InChI=1S/C29H42N6O3S/c1-4-15-34(6-3)17-14-31-26(36)22-10-12-23(13-11-22)32-20-25-28(38)35(16-5-2)29(39-25)24(18-30)27(37)33-19-21-8-7-9-21/h10-13,21,25,32H,4-9,14-17,19-20H2,1-3H3,(H,31,36)(H,33,37)/b29-24-. The molecule has 0 spiro atoms. The minimum Gasteiger partial charge on any atom is -0.383 e. The summed E-state index contributed by atoms with van der Waals surface area (Å²) in [6, 6.07) is 9.22. The lowest BCUT2D eigenvalue weighted by Crippen LogP contribution is -2.35. The van der Waals surface area contributed by atoms with E-state index in [1.807, 2.05) is 25.1 Å². The largest absolute Gasteiger partial charge is 0.383 e. The molecule has 2 aliphatic rings. The van der Waals surface area contributed by atoms with Gasteiger partial charge in [-0.3, -0.25) is 14.4 Å². The van der Waals surface area contributed by atoms with Gasteiger partial charge in [-0.1, -0.05) is 39.0 Å². The van der Waals surface area contributed by atoms with E-state index in [0.29, 0.717) is 42.7 Å². The molecule has 1 heterocycles. The molecule has 0 bridgehead atoms. The summed E-state index contributed by atoms with van der Waals surface area (Å²) < 4.78 is 0. The van der Waals surface area contributed by atoms with Crippen molar-refractivity contribution in [3.63, 3.8) is 0 Å². The van der Waals surface area contributed by atoms with Gasteiger partial charge in [0, 0.05) is 44.0 Å². The van der Waals surface area contributed by atoms with Crippen LogP contribution < -0.4 is 16.0 Å². The lowest BCUT2D eigenvalue weighted by molar-refractivity contribution is -0.127.